The molecule has 1 heterocycles. The predicted octanol–water partition coefficient (Wildman–Crippen LogP) is 0.198. The van der Waals surface area contributed by atoms with Gasteiger partial charge in [-0.1, -0.05) is 5.16 Å². The zero-order valence-electron chi connectivity index (χ0n) is 9.32. The lowest BCUT2D eigenvalue weighted by Gasteiger charge is -2.22. The summed E-state index contributed by atoms with van der Waals surface area (Å²) >= 11 is 0. The van der Waals surface area contributed by atoms with E-state index in [9.17, 15) is 4.79 Å². The van der Waals surface area contributed by atoms with Crippen LogP contribution in [0.5, 0.6) is 0 Å². The Balaban J connectivity index is 2.09. The average molecular weight is 229 g/mol. The summed E-state index contributed by atoms with van der Waals surface area (Å²) < 4.78 is 5.51. The van der Waals surface area contributed by atoms with Gasteiger partial charge in [0.25, 0.3) is 0 Å². The maximum absolute atomic E-state index is 11.3. The molecule has 1 rings (SSSR count). The Bertz CT molecular complexity index is 250. The van der Waals surface area contributed by atoms with Gasteiger partial charge in [-0.05, 0) is 25.7 Å². The molecule has 0 spiro atoms. The van der Waals surface area contributed by atoms with E-state index in [1.807, 2.05) is 0 Å². The van der Waals surface area contributed by atoms with Crippen LogP contribution in [0.3, 0.4) is 0 Å². The third-order valence-electron chi connectivity index (χ3n) is 2.56. The van der Waals surface area contributed by atoms with Crippen LogP contribution in [-0.4, -0.2) is 36.2 Å². The number of rotatable bonds is 5. The molecule has 1 amide bonds. The number of amidine groups is 1. The Morgan fingerprint density at radius 2 is 2.38 bits per heavy atom. The van der Waals surface area contributed by atoms with Gasteiger partial charge in [-0.3, -0.25) is 4.79 Å². The third kappa shape index (κ3) is 4.97. The van der Waals surface area contributed by atoms with Crippen LogP contribution in [0.4, 0.5) is 0 Å². The lowest BCUT2D eigenvalue weighted by atomic mass is 10.0. The molecular formula is C10H19N3O3. The molecule has 1 aliphatic heterocycles. The van der Waals surface area contributed by atoms with Gasteiger partial charge < -0.3 is 21.0 Å². The number of amides is 1. The lowest BCUT2D eigenvalue weighted by Crippen LogP contribution is -2.34. The predicted molar refractivity (Wildman–Crippen MR) is 59.2 cm³/mol. The first-order valence-corrected chi connectivity index (χ1v) is 5.57. The van der Waals surface area contributed by atoms with Crippen molar-refractivity contribution in [2.45, 2.75) is 38.2 Å². The first-order valence-electron chi connectivity index (χ1n) is 5.57. The minimum Gasteiger partial charge on any atom is -0.409 e. The number of hydrogen-bond acceptors (Lipinski definition) is 4. The van der Waals surface area contributed by atoms with Crippen molar-refractivity contribution in [1.29, 1.82) is 0 Å². The topological polar surface area (TPSA) is 96.9 Å². The SMILES string of the molecule is NC(CNC(=O)CCC1CCCCO1)=NO. The summed E-state index contributed by atoms with van der Waals surface area (Å²) in [6, 6.07) is 0. The van der Waals surface area contributed by atoms with Crippen molar-refractivity contribution in [2.24, 2.45) is 10.9 Å². The van der Waals surface area contributed by atoms with Gasteiger partial charge in [-0.25, -0.2) is 0 Å². The first-order chi connectivity index (χ1) is 7.72. The second-order valence-corrected chi connectivity index (χ2v) is 3.90. The van der Waals surface area contributed by atoms with Gasteiger partial charge in [-0.2, -0.15) is 0 Å². The molecule has 1 unspecified atom stereocenters. The van der Waals surface area contributed by atoms with Crippen LogP contribution in [0, 0.1) is 0 Å². The molecule has 6 heteroatoms. The van der Waals surface area contributed by atoms with E-state index in [0.29, 0.717) is 6.42 Å². The summed E-state index contributed by atoms with van der Waals surface area (Å²) in [7, 11) is 0. The summed E-state index contributed by atoms with van der Waals surface area (Å²) in [6.07, 6.45) is 4.70. The van der Waals surface area contributed by atoms with Gasteiger partial charge in [0, 0.05) is 13.0 Å². The minimum absolute atomic E-state index is 0.00210. The highest BCUT2D eigenvalue weighted by Gasteiger charge is 2.15. The van der Waals surface area contributed by atoms with E-state index >= 15 is 0 Å². The molecule has 0 aliphatic carbocycles. The number of nitrogens with one attached hydrogen (secondary N) is 1. The van der Waals surface area contributed by atoms with Crippen LogP contribution in [0.25, 0.3) is 0 Å². The molecule has 0 bridgehead atoms. The summed E-state index contributed by atoms with van der Waals surface area (Å²) in [5, 5.41) is 13.6. The van der Waals surface area contributed by atoms with Gasteiger partial charge in [0.15, 0.2) is 5.84 Å². The molecule has 0 aromatic rings. The van der Waals surface area contributed by atoms with Crippen molar-refractivity contribution < 1.29 is 14.7 Å². The molecule has 4 N–H and O–H groups in total. The normalized spacial score (nSPS) is 21.8. The molecule has 0 saturated carbocycles. The number of hydrogen-bond donors (Lipinski definition) is 3. The zero-order chi connectivity index (χ0) is 11.8. The number of carbonyl (C=O) groups is 1. The van der Waals surface area contributed by atoms with Crippen LogP contribution in [0.15, 0.2) is 5.16 Å². The molecular weight excluding hydrogens is 210 g/mol. The van der Waals surface area contributed by atoms with Crippen molar-refractivity contribution in [3.63, 3.8) is 0 Å². The Labute approximate surface area is 94.8 Å². The van der Waals surface area contributed by atoms with Gasteiger partial charge >= 0.3 is 0 Å². The Morgan fingerprint density at radius 1 is 1.56 bits per heavy atom. The number of nitrogens with zero attached hydrogens (tertiary/aromatic N) is 1. The maximum atomic E-state index is 11.3. The fourth-order valence-electron chi connectivity index (χ4n) is 1.64. The van der Waals surface area contributed by atoms with E-state index in [4.69, 9.17) is 15.7 Å². The van der Waals surface area contributed by atoms with E-state index in [1.54, 1.807) is 0 Å². The Kier molecular flexibility index (Phi) is 5.63. The molecule has 1 aliphatic rings. The van der Waals surface area contributed by atoms with Crippen molar-refractivity contribution >= 4 is 11.7 Å². The van der Waals surface area contributed by atoms with Crippen LogP contribution in [0.1, 0.15) is 32.1 Å². The van der Waals surface area contributed by atoms with Crippen molar-refractivity contribution in [1.82, 2.24) is 5.32 Å². The number of carbonyl (C=O) groups excluding carboxylic acids is 1. The number of nitrogens with two attached hydrogens (primary N) is 1. The molecule has 0 radical (unpaired) electrons. The average Bonchev–Trinajstić information content (AvgIpc) is 2.34. The van der Waals surface area contributed by atoms with Gasteiger partial charge in [-0.15, -0.1) is 0 Å². The lowest BCUT2D eigenvalue weighted by molar-refractivity contribution is -0.121. The van der Waals surface area contributed by atoms with E-state index in [0.717, 1.165) is 25.9 Å². The second kappa shape index (κ2) is 7.05. The highest BCUT2D eigenvalue weighted by atomic mass is 16.5. The largest absolute Gasteiger partial charge is 0.409 e. The molecule has 0 aromatic heterocycles. The number of oxime groups is 1. The highest BCUT2D eigenvalue weighted by Crippen LogP contribution is 2.16. The first kappa shape index (κ1) is 12.8. The molecule has 6 nitrogen and oxygen atoms in total. The van der Waals surface area contributed by atoms with E-state index in [1.165, 1.54) is 6.42 Å². The summed E-state index contributed by atoms with van der Waals surface area (Å²) in [6.45, 7) is 0.886. The van der Waals surface area contributed by atoms with Crippen molar-refractivity contribution in [3.05, 3.63) is 0 Å². The highest BCUT2D eigenvalue weighted by molar-refractivity contribution is 5.86. The standard InChI is InChI=1S/C10H19N3O3/c11-9(13-15)7-12-10(14)5-4-8-3-1-2-6-16-8/h8,15H,1-7H2,(H2,11,13)(H,12,14). The number of ether oxygens (including phenoxy) is 1. The van der Waals surface area contributed by atoms with Crippen LogP contribution < -0.4 is 11.1 Å². The Hall–Kier alpha value is -1.30. The van der Waals surface area contributed by atoms with Crippen LogP contribution in [0.2, 0.25) is 0 Å². The molecule has 92 valence electrons. The minimum atomic E-state index is -0.0965. The van der Waals surface area contributed by atoms with E-state index < -0.39 is 0 Å². The van der Waals surface area contributed by atoms with Crippen LogP contribution >= 0.6 is 0 Å². The maximum Gasteiger partial charge on any atom is 0.220 e. The monoisotopic (exact) mass is 229 g/mol. The molecule has 0 aromatic carbocycles. The molecule has 1 saturated heterocycles. The summed E-state index contributed by atoms with van der Waals surface area (Å²) in [5.41, 5.74) is 5.22. The van der Waals surface area contributed by atoms with Gasteiger partial charge in [0.2, 0.25) is 5.91 Å². The quantitative estimate of drug-likeness (QED) is 0.271. The van der Waals surface area contributed by atoms with Crippen molar-refractivity contribution in [2.75, 3.05) is 13.2 Å². The van der Waals surface area contributed by atoms with Crippen molar-refractivity contribution in [3.8, 4) is 0 Å². The van der Waals surface area contributed by atoms with Gasteiger partial charge in [0.1, 0.15) is 0 Å². The molecule has 16 heavy (non-hydrogen) atoms. The van der Waals surface area contributed by atoms with Gasteiger partial charge in [0.05, 0.1) is 12.6 Å². The second-order valence-electron chi connectivity index (χ2n) is 3.90. The van der Waals surface area contributed by atoms with Crippen LogP contribution in [-0.2, 0) is 9.53 Å². The fourth-order valence-corrected chi connectivity index (χ4v) is 1.64. The zero-order valence-corrected chi connectivity index (χ0v) is 9.32. The molecule has 1 atom stereocenters. The molecule has 1 fully saturated rings. The Morgan fingerprint density at radius 3 is 3.00 bits per heavy atom. The van der Waals surface area contributed by atoms with E-state index in [-0.39, 0.29) is 24.4 Å². The smallest absolute Gasteiger partial charge is 0.220 e. The third-order valence-corrected chi connectivity index (χ3v) is 2.56. The fraction of sp³-hybridized carbons (Fsp3) is 0.800. The summed E-state index contributed by atoms with van der Waals surface area (Å²) in [5.74, 6) is -0.0944. The summed E-state index contributed by atoms with van der Waals surface area (Å²) in [4.78, 5) is 11.3. The van der Waals surface area contributed by atoms with E-state index in [2.05, 4.69) is 10.5 Å².